The number of nitrogens with zero attached hydrogens (tertiary/aromatic N) is 1. The first-order chi connectivity index (χ1) is 10.5. The molecule has 2 saturated carbocycles. The van der Waals surface area contributed by atoms with Gasteiger partial charge in [0.15, 0.2) is 0 Å². The summed E-state index contributed by atoms with van der Waals surface area (Å²) in [5, 5.41) is 14.0. The number of nitroso groups, excluding NO2 is 1. The van der Waals surface area contributed by atoms with Crippen molar-refractivity contribution in [2.24, 2.45) is 28.8 Å². The molecule has 0 aromatic heterocycles. The molecule has 6 unspecified atom stereocenters. The van der Waals surface area contributed by atoms with E-state index in [1.54, 1.807) is 13.8 Å². The summed E-state index contributed by atoms with van der Waals surface area (Å²) < 4.78 is 5.62. The van der Waals surface area contributed by atoms with E-state index in [0.717, 1.165) is 19.3 Å². The van der Waals surface area contributed by atoms with E-state index < -0.39 is 11.1 Å². The fraction of sp³-hybridized carbons (Fsp3) is 0.941. The van der Waals surface area contributed by atoms with E-state index in [2.05, 4.69) is 27.8 Å². The molecule has 0 radical (unpaired) electrons. The first kappa shape index (κ1) is 19.1. The van der Waals surface area contributed by atoms with Crippen molar-refractivity contribution in [2.45, 2.75) is 75.0 Å². The molecule has 0 aliphatic heterocycles. The Balaban J connectivity index is 2.22. The predicted molar refractivity (Wildman–Crippen MR) is 97.3 cm³/mol. The quantitative estimate of drug-likeness (QED) is 0.298. The molecular formula is C17H28INO4. The smallest absolute Gasteiger partial charge is 0.319 e. The summed E-state index contributed by atoms with van der Waals surface area (Å²) in [5.41, 5.74) is -1.64. The van der Waals surface area contributed by atoms with Crippen LogP contribution in [0.2, 0.25) is 0 Å². The number of rotatable bonds is 6. The largest absolute Gasteiger partial charge is 0.461 e. The molecule has 5 nitrogen and oxygen atoms in total. The van der Waals surface area contributed by atoms with Gasteiger partial charge in [-0.3, -0.25) is 4.79 Å². The van der Waals surface area contributed by atoms with Crippen molar-refractivity contribution in [3.63, 3.8) is 0 Å². The van der Waals surface area contributed by atoms with Crippen molar-refractivity contribution >= 4 is 28.6 Å². The van der Waals surface area contributed by atoms with Gasteiger partial charge in [-0.15, -0.1) is 0 Å². The van der Waals surface area contributed by atoms with Crippen LogP contribution in [0.3, 0.4) is 0 Å². The molecule has 2 fully saturated rings. The van der Waals surface area contributed by atoms with Crippen molar-refractivity contribution in [2.75, 3.05) is 0 Å². The highest BCUT2D eigenvalue weighted by Crippen LogP contribution is 2.60. The topological polar surface area (TPSA) is 76.0 Å². The van der Waals surface area contributed by atoms with Gasteiger partial charge in [-0.25, -0.2) is 0 Å². The normalized spacial score (nSPS) is 35.2. The monoisotopic (exact) mass is 437 g/mol. The highest BCUT2D eigenvalue weighted by molar-refractivity contribution is 14.1. The molecule has 132 valence electrons. The minimum absolute atomic E-state index is 0.0292. The number of esters is 1. The number of hydrogen-bond acceptors (Lipinski definition) is 5. The van der Waals surface area contributed by atoms with E-state index >= 15 is 0 Å². The van der Waals surface area contributed by atoms with Crippen molar-refractivity contribution < 1.29 is 14.6 Å². The van der Waals surface area contributed by atoms with Gasteiger partial charge in [0.2, 0.25) is 0 Å². The van der Waals surface area contributed by atoms with E-state index in [9.17, 15) is 14.8 Å². The fourth-order valence-corrected chi connectivity index (χ4v) is 5.01. The molecule has 23 heavy (non-hydrogen) atoms. The van der Waals surface area contributed by atoms with E-state index in [0.29, 0.717) is 0 Å². The lowest BCUT2D eigenvalue weighted by Gasteiger charge is -2.45. The van der Waals surface area contributed by atoms with Gasteiger partial charge in [-0.2, -0.15) is 4.91 Å². The second-order valence-electron chi connectivity index (χ2n) is 8.20. The second kappa shape index (κ2) is 6.58. The molecule has 6 atom stereocenters. The van der Waals surface area contributed by atoms with E-state index in [-0.39, 0.29) is 39.7 Å². The standard InChI is InChI=1S/C17H28INO4/c1-6-11(18)15(20)23-12-8-9-7-10(12)14(17(4,5)21)13(9)16(2,3)19-22/h9-14,21H,6-8H2,1-5H3. The Morgan fingerprint density at radius 2 is 1.91 bits per heavy atom. The molecule has 0 aromatic carbocycles. The van der Waals surface area contributed by atoms with Crippen molar-refractivity contribution in [3.05, 3.63) is 4.91 Å². The zero-order valence-electron chi connectivity index (χ0n) is 14.6. The van der Waals surface area contributed by atoms with Crippen LogP contribution in [0.1, 0.15) is 53.9 Å². The Kier molecular flexibility index (Phi) is 5.46. The Hall–Kier alpha value is -0.240. The molecule has 0 spiro atoms. The average Bonchev–Trinajstić information content (AvgIpc) is 3.03. The molecule has 2 aliphatic carbocycles. The lowest BCUT2D eigenvalue weighted by atomic mass is 9.64. The summed E-state index contributed by atoms with van der Waals surface area (Å²) in [6.07, 6.45) is 2.28. The van der Waals surface area contributed by atoms with Crippen molar-refractivity contribution in [3.8, 4) is 0 Å². The minimum atomic E-state index is -0.925. The maximum Gasteiger partial charge on any atom is 0.319 e. The molecule has 1 N–H and O–H groups in total. The zero-order valence-corrected chi connectivity index (χ0v) is 16.7. The summed E-state index contributed by atoms with van der Waals surface area (Å²) in [6.45, 7) is 9.25. The SMILES string of the molecule is CCC(I)C(=O)OC1CC2CC1C(C(C)(C)O)C2C(C)(C)N=O. The lowest BCUT2D eigenvalue weighted by Crippen LogP contribution is -2.51. The summed E-state index contributed by atoms with van der Waals surface area (Å²) in [6, 6.07) is 0. The van der Waals surface area contributed by atoms with Gasteiger partial charge in [-0.1, -0.05) is 34.7 Å². The Labute approximate surface area is 152 Å². The van der Waals surface area contributed by atoms with Crippen molar-refractivity contribution in [1.29, 1.82) is 0 Å². The van der Waals surface area contributed by atoms with E-state index in [4.69, 9.17) is 4.74 Å². The number of halogens is 1. The van der Waals surface area contributed by atoms with Crippen LogP contribution in [-0.4, -0.2) is 32.2 Å². The van der Waals surface area contributed by atoms with Crippen LogP contribution in [0.25, 0.3) is 0 Å². The summed E-state index contributed by atoms with van der Waals surface area (Å²) >= 11 is 2.11. The Bertz CT molecular complexity index is 474. The van der Waals surface area contributed by atoms with Crippen molar-refractivity contribution in [1.82, 2.24) is 0 Å². The molecule has 0 amide bonds. The van der Waals surface area contributed by atoms with Crippen LogP contribution < -0.4 is 0 Å². The van der Waals surface area contributed by atoms with E-state index in [1.807, 2.05) is 20.8 Å². The van der Waals surface area contributed by atoms with Gasteiger partial charge < -0.3 is 9.84 Å². The Morgan fingerprint density at radius 1 is 1.30 bits per heavy atom. The van der Waals surface area contributed by atoms with Crippen LogP contribution in [0, 0.1) is 28.6 Å². The first-order valence-corrected chi connectivity index (χ1v) is 9.69. The summed E-state index contributed by atoms with van der Waals surface area (Å²) in [7, 11) is 0. The van der Waals surface area contributed by atoms with Gasteiger partial charge >= 0.3 is 5.97 Å². The number of carbonyl (C=O) groups is 1. The van der Waals surface area contributed by atoms with E-state index in [1.165, 1.54) is 0 Å². The molecule has 0 aromatic rings. The zero-order chi connectivity index (χ0) is 17.6. The molecule has 2 rings (SSSR count). The number of aliphatic hydroxyl groups is 1. The molecule has 0 saturated heterocycles. The van der Waals surface area contributed by atoms with Crippen LogP contribution in [0.4, 0.5) is 0 Å². The average molecular weight is 437 g/mol. The maximum atomic E-state index is 12.1. The molecule has 6 heteroatoms. The highest BCUT2D eigenvalue weighted by atomic mass is 127. The lowest BCUT2D eigenvalue weighted by molar-refractivity contribution is -0.157. The fourth-order valence-electron chi connectivity index (χ4n) is 4.87. The number of hydrogen-bond donors (Lipinski definition) is 1. The number of carbonyl (C=O) groups excluding carboxylic acids is 1. The minimum Gasteiger partial charge on any atom is -0.461 e. The van der Waals surface area contributed by atoms with Crippen LogP contribution >= 0.6 is 22.6 Å². The molecule has 2 aliphatic rings. The summed E-state index contributed by atoms with van der Waals surface area (Å²) in [4.78, 5) is 23.5. The maximum absolute atomic E-state index is 12.1. The van der Waals surface area contributed by atoms with Crippen LogP contribution in [0.15, 0.2) is 5.18 Å². The third-order valence-corrected chi connectivity index (χ3v) is 7.08. The van der Waals surface area contributed by atoms with Gasteiger partial charge in [0.1, 0.15) is 15.6 Å². The van der Waals surface area contributed by atoms with Gasteiger partial charge in [-0.05, 0) is 64.7 Å². The number of fused-ring (bicyclic) bond motifs is 2. The molecular weight excluding hydrogens is 409 g/mol. The third kappa shape index (κ3) is 3.57. The molecule has 2 bridgehead atoms. The second-order valence-corrected chi connectivity index (χ2v) is 9.70. The molecule has 0 heterocycles. The highest BCUT2D eigenvalue weighted by Gasteiger charge is 2.62. The van der Waals surface area contributed by atoms with Gasteiger partial charge in [0, 0.05) is 5.92 Å². The first-order valence-electron chi connectivity index (χ1n) is 8.44. The third-order valence-electron chi connectivity index (χ3n) is 5.69. The van der Waals surface area contributed by atoms with Gasteiger partial charge in [0.05, 0.1) is 5.60 Å². The number of alkyl halides is 1. The van der Waals surface area contributed by atoms with Crippen LogP contribution in [-0.2, 0) is 9.53 Å². The van der Waals surface area contributed by atoms with Crippen LogP contribution in [0.5, 0.6) is 0 Å². The van der Waals surface area contributed by atoms with Gasteiger partial charge in [0.25, 0.3) is 0 Å². The summed E-state index contributed by atoms with van der Waals surface area (Å²) in [5.74, 6) is 0.165. The predicted octanol–water partition coefficient (Wildman–Crippen LogP) is 3.70. The number of ether oxygens (including phenoxy) is 1. The Morgan fingerprint density at radius 3 is 2.39 bits per heavy atom.